The topological polar surface area (TPSA) is 91.4 Å². The van der Waals surface area contributed by atoms with Crippen LogP contribution in [0, 0.1) is 23.0 Å². The summed E-state index contributed by atoms with van der Waals surface area (Å²) in [6.07, 6.45) is 0.186. The third-order valence-corrected chi connectivity index (χ3v) is 3.33. The molecule has 0 spiro atoms. The van der Waals surface area contributed by atoms with Gasteiger partial charge in [0.15, 0.2) is 0 Å². The summed E-state index contributed by atoms with van der Waals surface area (Å²) >= 11 is 0. The number of hydrogen-bond donors (Lipinski definition) is 2. The maximum atomic E-state index is 14.3. The molecule has 1 aromatic heterocycles. The van der Waals surface area contributed by atoms with E-state index in [1.54, 1.807) is 0 Å². The van der Waals surface area contributed by atoms with Crippen molar-refractivity contribution in [3.63, 3.8) is 0 Å². The first-order valence-electron chi connectivity index (χ1n) is 6.72. The summed E-state index contributed by atoms with van der Waals surface area (Å²) in [6, 6.07) is 10.5. The third-order valence-electron chi connectivity index (χ3n) is 3.33. The normalized spacial score (nSPS) is 10.5. The van der Waals surface area contributed by atoms with Crippen LogP contribution in [0.4, 0.5) is 14.7 Å². The number of aromatic nitrogens is 3. The van der Waals surface area contributed by atoms with Gasteiger partial charge in [0.1, 0.15) is 17.5 Å². The lowest BCUT2D eigenvalue weighted by Gasteiger charge is -2.08. The van der Waals surface area contributed by atoms with Gasteiger partial charge in [-0.15, -0.1) is 5.10 Å². The predicted octanol–water partition coefficient (Wildman–Crippen LogP) is 2.79. The van der Waals surface area contributed by atoms with Gasteiger partial charge in [0.05, 0.1) is 17.2 Å². The summed E-state index contributed by atoms with van der Waals surface area (Å²) in [5.41, 5.74) is 6.47. The maximum Gasteiger partial charge on any atom is 0.239 e. The Morgan fingerprint density at radius 3 is 2.30 bits per heavy atom. The molecule has 2 aromatic carbocycles. The van der Waals surface area contributed by atoms with Gasteiger partial charge in [-0.1, -0.05) is 12.1 Å². The van der Waals surface area contributed by atoms with Gasteiger partial charge in [0.2, 0.25) is 5.95 Å². The Morgan fingerprint density at radius 2 is 1.78 bits per heavy atom. The molecular weight excluding hydrogens is 300 g/mol. The van der Waals surface area contributed by atoms with E-state index < -0.39 is 11.6 Å². The van der Waals surface area contributed by atoms with E-state index in [-0.39, 0.29) is 17.9 Å². The second-order valence-electron chi connectivity index (χ2n) is 4.94. The third kappa shape index (κ3) is 3.01. The Hall–Kier alpha value is -3.27. The number of nitrogens with one attached hydrogen (secondary N) is 1. The van der Waals surface area contributed by atoms with Gasteiger partial charge in [-0.3, -0.25) is 5.10 Å². The van der Waals surface area contributed by atoms with E-state index in [0.717, 1.165) is 0 Å². The number of H-pyrrole nitrogens is 1. The van der Waals surface area contributed by atoms with Crippen molar-refractivity contribution in [3.05, 3.63) is 65.0 Å². The first kappa shape index (κ1) is 14.7. The fraction of sp³-hybridized carbons (Fsp3) is 0.0625. The van der Waals surface area contributed by atoms with E-state index in [1.807, 2.05) is 6.07 Å². The average Bonchev–Trinajstić information content (AvgIpc) is 2.92. The number of nitrogens with two attached hydrogens (primary N) is 1. The fourth-order valence-electron chi connectivity index (χ4n) is 2.30. The van der Waals surface area contributed by atoms with Crippen LogP contribution in [-0.2, 0) is 6.42 Å². The Kier molecular flexibility index (Phi) is 3.73. The SMILES string of the molecule is N#Cc1ccc(-c2c(F)cc(Cc3nc(N)n[nH]3)cc2F)cc1. The number of nitrogen functional groups attached to an aromatic ring is 1. The monoisotopic (exact) mass is 311 g/mol. The second-order valence-corrected chi connectivity index (χ2v) is 4.94. The van der Waals surface area contributed by atoms with E-state index >= 15 is 0 Å². The van der Waals surface area contributed by atoms with Gasteiger partial charge in [-0.05, 0) is 35.4 Å². The number of hydrogen-bond acceptors (Lipinski definition) is 4. The number of rotatable bonds is 3. The van der Waals surface area contributed by atoms with Gasteiger partial charge < -0.3 is 5.73 Å². The summed E-state index contributed by atoms with van der Waals surface area (Å²) in [6.45, 7) is 0. The highest BCUT2D eigenvalue weighted by Crippen LogP contribution is 2.28. The van der Waals surface area contributed by atoms with Crippen LogP contribution in [0.15, 0.2) is 36.4 Å². The zero-order valence-electron chi connectivity index (χ0n) is 11.8. The van der Waals surface area contributed by atoms with Crippen molar-refractivity contribution in [1.82, 2.24) is 15.2 Å². The van der Waals surface area contributed by atoms with Gasteiger partial charge in [-0.25, -0.2) is 8.78 Å². The van der Waals surface area contributed by atoms with E-state index in [2.05, 4.69) is 15.2 Å². The lowest BCUT2D eigenvalue weighted by Crippen LogP contribution is -1.97. The highest BCUT2D eigenvalue weighted by atomic mass is 19.1. The molecule has 3 aromatic rings. The molecule has 0 saturated carbocycles. The van der Waals surface area contributed by atoms with Crippen molar-refractivity contribution in [2.45, 2.75) is 6.42 Å². The Labute approximate surface area is 130 Å². The number of anilines is 1. The zero-order chi connectivity index (χ0) is 16.4. The molecule has 5 nitrogen and oxygen atoms in total. The minimum atomic E-state index is -0.683. The number of halogens is 2. The minimum Gasteiger partial charge on any atom is -0.367 e. The molecule has 0 aliphatic rings. The van der Waals surface area contributed by atoms with Gasteiger partial charge >= 0.3 is 0 Å². The molecule has 0 aliphatic heterocycles. The van der Waals surface area contributed by atoms with E-state index in [1.165, 1.54) is 36.4 Å². The fourth-order valence-corrected chi connectivity index (χ4v) is 2.30. The molecule has 0 fully saturated rings. The number of aromatic amines is 1. The van der Waals surface area contributed by atoms with Crippen molar-refractivity contribution in [2.24, 2.45) is 0 Å². The summed E-state index contributed by atoms with van der Waals surface area (Å²) < 4.78 is 28.6. The van der Waals surface area contributed by atoms with Crippen LogP contribution >= 0.6 is 0 Å². The quantitative estimate of drug-likeness (QED) is 0.778. The molecular formula is C16H11F2N5. The number of nitrogens with zero attached hydrogens (tertiary/aromatic N) is 3. The van der Waals surface area contributed by atoms with Crippen molar-refractivity contribution >= 4 is 5.95 Å². The van der Waals surface area contributed by atoms with Gasteiger partial charge in [0, 0.05) is 6.42 Å². The minimum absolute atomic E-state index is 0.0788. The Morgan fingerprint density at radius 1 is 1.13 bits per heavy atom. The summed E-state index contributed by atoms with van der Waals surface area (Å²) in [4.78, 5) is 3.90. The molecule has 0 amide bonds. The van der Waals surface area contributed by atoms with Crippen molar-refractivity contribution in [2.75, 3.05) is 5.73 Å². The van der Waals surface area contributed by atoms with Crippen LogP contribution in [0.3, 0.4) is 0 Å². The molecule has 3 N–H and O–H groups in total. The lowest BCUT2D eigenvalue weighted by molar-refractivity contribution is 0.586. The van der Waals surface area contributed by atoms with Crippen LogP contribution in [-0.4, -0.2) is 15.2 Å². The van der Waals surface area contributed by atoms with Crippen LogP contribution in [0.1, 0.15) is 17.0 Å². The molecule has 7 heteroatoms. The predicted molar refractivity (Wildman–Crippen MR) is 80.1 cm³/mol. The first-order chi connectivity index (χ1) is 11.1. The number of nitriles is 1. The molecule has 0 aliphatic carbocycles. The zero-order valence-corrected chi connectivity index (χ0v) is 11.8. The first-order valence-corrected chi connectivity index (χ1v) is 6.72. The Bertz CT molecular complexity index is 871. The van der Waals surface area contributed by atoms with Crippen molar-refractivity contribution in [1.29, 1.82) is 5.26 Å². The number of benzene rings is 2. The van der Waals surface area contributed by atoms with Crippen molar-refractivity contribution < 1.29 is 8.78 Å². The summed E-state index contributed by atoms with van der Waals surface area (Å²) in [7, 11) is 0. The van der Waals surface area contributed by atoms with Crippen LogP contribution < -0.4 is 5.73 Å². The van der Waals surface area contributed by atoms with Crippen LogP contribution in [0.2, 0.25) is 0 Å². The Balaban J connectivity index is 1.95. The molecule has 0 atom stereocenters. The van der Waals surface area contributed by atoms with E-state index in [9.17, 15) is 8.78 Å². The molecule has 0 radical (unpaired) electrons. The van der Waals surface area contributed by atoms with E-state index in [4.69, 9.17) is 11.0 Å². The molecule has 0 unspecified atom stereocenters. The molecule has 3 rings (SSSR count). The van der Waals surface area contributed by atoms with Crippen LogP contribution in [0.5, 0.6) is 0 Å². The maximum absolute atomic E-state index is 14.3. The second kappa shape index (κ2) is 5.85. The summed E-state index contributed by atoms with van der Waals surface area (Å²) in [5.74, 6) is -0.864. The molecule has 23 heavy (non-hydrogen) atoms. The molecule has 1 heterocycles. The van der Waals surface area contributed by atoms with Crippen molar-refractivity contribution in [3.8, 4) is 17.2 Å². The lowest BCUT2D eigenvalue weighted by atomic mass is 10.00. The van der Waals surface area contributed by atoms with Gasteiger partial charge in [0.25, 0.3) is 0 Å². The highest BCUT2D eigenvalue weighted by molar-refractivity contribution is 5.66. The summed E-state index contributed by atoms with van der Waals surface area (Å²) in [5, 5.41) is 15.0. The smallest absolute Gasteiger partial charge is 0.239 e. The van der Waals surface area contributed by atoms with E-state index in [0.29, 0.717) is 22.5 Å². The molecule has 0 bridgehead atoms. The molecule has 114 valence electrons. The highest BCUT2D eigenvalue weighted by Gasteiger charge is 2.14. The largest absolute Gasteiger partial charge is 0.367 e. The van der Waals surface area contributed by atoms with Gasteiger partial charge in [-0.2, -0.15) is 10.2 Å². The standard InChI is InChI=1S/C16H11F2N5/c17-12-5-10(7-14-21-16(20)23-22-14)6-13(18)15(12)11-3-1-9(8-19)2-4-11/h1-6H,7H2,(H3,20,21,22,23). The van der Waals surface area contributed by atoms with Crippen LogP contribution in [0.25, 0.3) is 11.1 Å². The average molecular weight is 311 g/mol. The molecule has 0 saturated heterocycles.